The van der Waals surface area contributed by atoms with Crippen molar-refractivity contribution < 1.29 is 9.47 Å². The molecule has 0 saturated carbocycles. The largest absolute Gasteiger partial charge is 0.487 e. The van der Waals surface area contributed by atoms with E-state index in [1.807, 2.05) is 41.1 Å². The third-order valence-electron chi connectivity index (χ3n) is 5.29. The van der Waals surface area contributed by atoms with Crippen molar-refractivity contribution in [2.45, 2.75) is 52.1 Å². The van der Waals surface area contributed by atoms with Gasteiger partial charge in [-0.15, -0.1) is 24.0 Å². The van der Waals surface area contributed by atoms with Crippen LogP contribution in [0.25, 0.3) is 0 Å². The van der Waals surface area contributed by atoms with Gasteiger partial charge in [0.05, 0.1) is 18.8 Å². The van der Waals surface area contributed by atoms with E-state index in [1.165, 1.54) is 0 Å². The molecule has 2 N–H and O–H groups in total. The van der Waals surface area contributed by atoms with Crippen LogP contribution in [-0.4, -0.2) is 45.4 Å². The van der Waals surface area contributed by atoms with Gasteiger partial charge in [-0.05, 0) is 43.2 Å². The summed E-state index contributed by atoms with van der Waals surface area (Å²) in [6, 6.07) is 14.1. The highest BCUT2D eigenvalue weighted by molar-refractivity contribution is 14.0. The number of guanidine groups is 1. The Kier molecular flexibility index (Phi) is 10.1. The Bertz CT molecular complexity index is 1060. The predicted molar refractivity (Wildman–Crippen MR) is 141 cm³/mol. The fraction of sp³-hybridized carbons (Fsp3) is 0.417. The highest BCUT2D eigenvalue weighted by Gasteiger charge is 2.22. The molecule has 10 heteroatoms. The number of aryl methyl sites for hydroxylation is 1. The summed E-state index contributed by atoms with van der Waals surface area (Å²) in [7, 11) is 1.66. The van der Waals surface area contributed by atoms with Gasteiger partial charge in [-0.2, -0.15) is 5.10 Å². The van der Waals surface area contributed by atoms with E-state index in [0.717, 1.165) is 60.5 Å². The Balaban J connectivity index is 0.00000324. The number of fused-ring (bicyclic) bond motifs is 1. The molecule has 0 bridgehead atoms. The number of nitrogens with zero attached hydrogens (tertiary/aromatic N) is 5. The topological polar surface area (TPSA) is 98.5 Å². The Morgan fingerprint density at radius 2 is 2.12 bits per heavy atom. The van der Waals surface area contributed by atoms with Gasteiger partial charge in [0.2, 0.25) is 0 Å². The number of pyridine rings is 1. The fourth-order valence-electron chi connectivity index (χ4n) is 3.73. The summed E-state index contributed by atoms with van der Waals surface area (Å²) in [5, 5.41) is 11.4. The maximum atomic E-state index is 5.89. The maximum absolute atomic E-state index is 5.89. The molecular formula is C24H32IN7O2. The average molecular weight is 577 g/mol. The first-order valence-corrected chi connectivity index (χ1v) is 11.3. The first kappa shape index (κ1) is 25.9. The van der Waals surface area contributed by atoms with Crippen LogP contribution in [0.3, 0.4) is 0 Å². The average Bonchev–Trinajstić information content (AvgIpc) is 3.24. The number of aliphatic imine (C=N–C) groups is 1. The van der Waals surface area contributed by atoms with Gasteiger partial charge in [0.1, 0.15) is 24.8 Å². The standard InChI is InChI=1S/C24H31N7O2.HI/c1-3-25-24(28-19-10-11-23-29-22(17-32-2)30-31(23)15-19)27-14-18-7-6-9-21(13-18)33-16-20-8-4-5-12-26-20;/h4-9,12-13,19H,3,10-11,14-17H2,1-2H3,(H2,25,27,28);1H. The van der Waals surface area contributed by atoms with Gasteiger partial charge in [-0.3, -0.25) is 4.98 Å². The van der Waals surface area contributed by atoms with Crippen molar-refractivity contribution in [1.82, 2.24) is 30.4 Å². The molecule has 1 unspecified atom stereocenters. The number of aromatic nitrogens is 4. The van der Waals surface area contributed by atoms with Crippen molar-refractivity contribution >= 4 is 29.9 Å². The van der Waals surface area contributed by atoms with Gasteiger partial charge in [-0.25, -0.2) is 14.7 Å². The number of hydrogen-bond donors (Lipinski definition) is 2. The number of nitrogens with one attached hydrogen (secondary N) is 2. The lowest BCUT2D eigenvalue weighted by atomic mass is 10.1. The van der Waals surface area contributed by atoms with Crippen molar-refractivity contribution in [3.05, 3.63) is 71.6 Å². The molecule has 3 heterocycles. The third kappa shape index (κ3) is 7.39. The minimum absolute atomic E-state index is 0. The van der Waals surface area contributed by atoms with Crippen LogP contribution in [0.15, 0.2) is 53.7 Å². The molecule has 1 aliphatic rings. The number of halogens is 1. The predicted octanol–water partition coefficient (Wildman–Crippen LogP) is 3.09. The smallest absolute Gasteiger partial charge is 0.191 e. The minimum Gasteiger partial charge on any atom is -0.487 e. The molecule has 3 aromatic rings. The number of ether oxygens (including phenoxy) is 2. The maximum Gasteiger partial charge on any atom is 0.191 e. The second-order valence-corrected chi connectivity index (χ2v) is 7.89. The molecule has 2 aromatic heterocycles. The highest BCUT2D eigenvalue weighted by Crippen LogP contribution is 2.16. The second-order valence-electron chi connectivity index (χ2n) is 7.89. The minimum atomic E-state index is 0. The van der Waals surface area contributed by atoms with Crippen LogP contribution in [0.2, 0.25) is 0 Å². The molecule has 182 valence electrons. The van der Waals surface area contributed by atoms with Crippen LogP contribution in [0.5, 0.6) is 5.75 Å². The lowest BCUT2D eigenvalue weighted by Gasteiger charge is -2.25. The molecule has 0 aliphatic carbocycles. The van der Waals surface area contributed by atoms with Crippen LogP contribution >= 0.6 is 24.0 Å². The molecule has 34 heavy (non-hydrogen) atoms. The van der Waals surface area contributed by atoms with Crippen molar-refractivity contribution in [2.75, 3.05) is 13.7 Å². The van der Waals surface area contributed by atoms with Crippen LogP contribution in [0.1, 0.15) is 36.3 Å². The molecule has 0 radical (unpaired) electrons. The summed E-state index contributed by atoms with van der Waals surface area (Å²) in [6.07, 6.45) is 3.63. The molecule has 1 aliphatic heterocycles. The molecule has 0 spiro atoms. The normalized spacial score (nSPS) is 15.2. The van der Waals surface area contributed by atoms with Crippen LogP contribution in [-0.2, 0) is 37.5 Å². The summed E-state index contributed by atoms with van der Waals surface area (Å²) in [5.41, 5.74) is 1.98. The van der Waals surface area contributed by atoms with E-state index in [4.69, 9.17) is 14.5 Å². The second kappa shape index (κ2) is 13.2. The summed E-state index contributed by atoms with van der Waals surface area (Å²) in [5.74, 6) is 3.36. The summed E-state index contributed by atoms with van der Waals surface area (Å²) < 4.78 is 13.0. The van der Waals surface area contributed by atoms with E-state index in [9.17, 15) is 0 Å². The molecule has 9 nitrogen and oxygen atoms in total. The Labute approximate surface area is 217 Å². The zero-order chi connectivity index (χ0) is 22.9. The Morgan fingerprint density at radius 1 is 1.21 bits per heavy atom. The monoisotopic (exact) mass is 577 g/mol. The number of methoxy groups -OCH3 is 1. The van der Waals surface area contributed by atoms with Crippen molar-refractivity contribution in [2.24, 2.45) is 4.99 Å². The third-order valence-corrected chi connectivity index (χ3v) is 5.29. The van der Waals surface area contributed by atoms with Gasteiger partial charge < -0.3 is 20.1 Å². The van der Waals surface area contributed by atoms with Gasteiger partial charge in [-0.1, -0.05) is 18.2 Å². The van der Waals surface area contributed by atoms with Crippen LogP contribution < -0.4 is 15.4 Å². The zero-order valence-corrected chi connectivity index (χ0v) is 21.9. The summed E-state index contributed by atoms with van der Waals surface area (Å²) >= 11 is 0. The first-order valence-electron chi connectivity index (χ1n) is 11.3. The Morgan fingerprint density at radius 3 is 2.91 bits per heavy atom. The molecule has 1 aromatic carbocycles. The van der Waals surface area contributed by atoms with Gasteiger partial charge >= 0.3 is 0 Å². The van der Waals surface area contributed by atoms with Crippen molar-refractivity contribution in [1.29, 1.82) is 0 Å². The molecular weight excluding hydrogens is 545 g/mol. The van der Waals surface area contributed by atoms with Gasteiger partial charge in [0.25, 0.3) is 0 Å². The van der Waals surface area contributed by atoms with Crippen LogP contribution in [0.4, 0.5) is 0 Å². The zero-order valence-electron chi connectivity index (χ0n) is 19.6. The van der Waals surface area contributed by atoms with Gasteiger partial charge in [0.15, 0.2) is 11.8 Å². The SMILES string of the molecule is CCNC(=NCc1cccc(OCc2ccccn2)c1)NC1CCc2nc(COC)nn2C1.I. The van der Waals surface area contributed by atoms with E-state index in [0.29, 0.717) is 19.8 Å². The van der Waals surface area contributed by atoms with Gasteiger partial charge in [0, 0.05) is 32.3 Å². The van der Waals surface area contributed by atoms with E-state index in [1.54, 1.807) is 13.3 Å². The number of rotatable bonds is 9. The molecule has 0 amide bonds. The number of benzene rings is 1. The number of hydrogen-bond acceptors (Lipinski definition) is 6. The highest BCUT2D eigenvalue weighted by atomic mass is 127. The fourth-order valence-corrected chi connectivity index (χ4v) is 3.73. The van der Waals surface area contributed by atoms with Crippen molar-refractivity contribution in [3.63, 3.8) is 0 Å². The Hall–Kier alpha value is -2.73. The lowest BCUT2D eigenvalue weighted by Crippen LogP contribution is -2.47. The van der Waals surface area contributed by atoms with Crippen LogP contribution in [0, 0.1) is 0 Å². The quantitative estimate of drug-likeness (QED) is 0.229. The summed E-state index contributed by atoms with van der Waals surface area (Å²) in [6.45, 7) is 5.04. The van der Waals surface area contributed by atoms with E-state index < -0.39 is 0 Å². The molecule has 0 saturated heterocycles. The molecule has 4 rings (SSSR count). The molecule has 1 atom stereocenters. The first-order chi connectivity index (χ1) is 16.2. The van der Waals surface area contributed by atoms with E-state index in [-0.39, 0.29) is 30.0 Å². The van der Waals surface area contributed by atoms with Crippen molar-refractivity contribution in [3.8, 4) is 5.75 Å². The van der Waals surface area contributed by atoms with E-state index >= 15 is 0 Å². The summed E-state index contributed by atoms with van der Waals surface area (Å²) in [4.78, 5) is 13.6. The lowest BCUT2D eigenvalue weighted by molar-refractivity contribution is 0.177. The molecule has 0 fully saturated rings. The van der Waals surface area contributed by atoms with E-state index in [2.05, 4.69) is 38.7 Å².